The lowest BCUT2D eigenvalue weighted by atomic mass is 10.1. The summed E-state index contributed by atoms with van der Waals surface area (Å²) in [7, 11) is 0. The summed E-state index contributed by atoms with van der Waals surface area (Å²) in [5.74, 6) is -0.509. The Labute approximate surface area is 167 Å². The lowest BCUT2D eigenvalue weighted by Crippen LogP contribution is -2.47. The molecule has 28 heavy (non-hydrogen) atoms. The Balaban J connectivity index is 1.66. The van der Waals surface area contributed by atoms with Gasteiger partial charge in [0.25, 0.3) is 0 Å². The summed E-state index contributed by atoms with van der Waals surface area (Å²) in [6.45, 7) is 5.73. The number of benzene rings is 2. The molecule has 7 heteroatoms. The van der Waals surface area contributed by atoms with E-state index in [2.05, 4.69) is 15.6 Å². The van der Waals surface area contributed by atoms with Crippen LogP contribution in [0.4, 0.5) is 10.5 Å². The maximum absolute atomic E-state index is 12.3. The fourth-order valence-corrected chi connectivity index (χ4v) is 3.70. The minimum Gasteiger partial charge on any atom is -0.464 e. The molecule has 2 aromatic carbocycles. The van der Waals surface area contributed by atoms with E-state index in [0.29, 0.717) is 5.69 Å². The molecule has 2 amide bonds. The van der Waals surface area contributed by atoms with E-state index < -0.39 is 18.0 Å². The van der Waals surface area contributed by atoms with E-state index in [4.69, 9.17) is 4.74 Å². The summed E-state index contributed by atoms with van der Waals surface area (Å²) in [6.07, 6.45) is 0. The third-order valence-corrected chi connectivity index (χ3v) is 5.26. The van der Waals surface area contributed by atoms with Crippen molar-refractivity contribution < 1.29 is 14.3 Å². The molecule has 0 radical (unpaired) electrons. The summed E-state index contributed by atoms with van der Waals surface area (Å²) in [5.41, 5.74) is 2.59. The summed E-state index contributed by atoms with van der Waals surface area (Å²) in [5, 5.41) is 6.36. The highest BCUT2D eigenvalue weighted by Gasteiger charge is 2.25. The van der Waals surface area contributed by atoms with Gasteiger partial charge in [-0.1, -0.05) is 26.0 Å². The monoisotopic (exact) mass is 397 g/mol. The van der Waals surface area contributed by atoms with Crippen LogP contribution in [0.5, 0.6) is 0 Å². The van der Waals surface area contributed by atoms with Gasteiger partial charge in [0.1, 0.15) is 11.0 Å². The van der Waals surface area contributed by atoms with Crippen molar-refractivity contribution in [2.45, 2.75) is 26.8 Å². The van der Waals surface area contributed by atoms with Crippen LogP contribution in [0.1, 0.15) is 20.8 Å². The molecule has 0 aliphatic heterocycles. The highest BCUT2D eigenvalue weighted by Crippen LogP contribution is 2.30. The average Bonchev–Trinajstić information content (AvgIpc) is 3.11. The van der Waals surface area contributed by atoms with Gasteiger partial charge < -0.3 is 15.4 Å². The summed E-state index contributed by atoms with van der Waals surface area (Å²) < 4.78 is 6.16. The molecule has 0 saturated carbocycles. The summed E-state index contributed by atoms with van der Waals surface area (Å²) in [4.78, 5) is 28.9. The molecule has 3 aromatic rings. The number of hydrogen-bond donors (Lipinski definition) is 2. The van der Waals surface area contributed by atoms with Crippen molar-refractivity contribution in [3.63, 3.8) is 0 Å². The molecule has 1 heterocycles. The summed E-state index contributed by atoms with van der Waals surface area (Å²) >= 11 is 1.63. The zero-order chi connectivity index (χ0) is 20.1. The molecule has 1 unspecified atom stereocenters. The molecule has 2 N–H and O–H groups in total. The zero-order valence-electron chi connectivity index (χ0n) is 16.1. The smallest absolute Gasteiger partial charge is 0.328 e. The van der Waals surface area contributed by atoms with Crippen molar-refractivity contribution in [2.24, 2.45) is 5.92 Å². The minimum absolute atomic E-state index is 0.0776. The SMILES string of the molecule is CCOC(=O)C(NC(=O)Nc1ccc(-c2nc3ccccc3s2)cc1)C(C)C. The maximum atomic E-state index is 12.3. The number of carbonyl (C=O) groups excluding carboxylic acids is 2. The zero-order valence-corrected chi connectivity index (χ0v) is 16.9. The van der Waals surface area contributed by atoms with Crippen LogP contribution in [0.2, 0.25) is 0 Å². The Morgan fingerprint density at radius 1 is 1.11 bits per heavy atom. The van der Waals surface area contributed by atoms with E-state index in [9.17, 15) is 9.59 Å². The fraction of sp³-hybridized carbons (Fsp3) is 0.286. The Hall–Kier alpha value is -2.93. The number of hydrogen-bond acceptors (Lipinski definition) is 5. The number of carbonyl (C=O) groups is 2. The van der Waals surface area contributed by atoms with Crippen molar-refractivity contribution in [3.05, 3.63) is 48.5 Å². The van der Waals surface area contributed by atoms with Crippen LogP contribution in [0, 0.1) is 5.92 Å². The van der Waals surface area contributed by atoms with E-state index in [1.54, 1.807) is 18.3 Å². The van der Waals surface area contributed by atoms with Crippen LogP contribution >= 0.6 is 11.3 Å². The van der Waals surface area contributed by atoms with Crippen molar-refractivity contribution in [1.82, 2.24) is 10.3 Å². The van der Waals surface area contributed by atoms with Gasteiger partial charge >= 0.3 is 12.0 Å². The quantitative estimate of drug-likeness (QED) is 0.592. The number of amides is 2. The first kappa shape index (κ1) is 19.8. The third kappa shape index (κ3) is 4.67. The summed E-state index contributed by atoms with van der Waals surface area (Å²) in [6, 6.07) is 14.3. The first-order chi connectivity index (χ1) is 13.5. The van der Waals surface area contributed by atoms with Crippen molar-refractivity contribution >= 4 is 39.2 Å². The molecule has 6 nitrogen and oxygen atoms in total. The van der Waals surface area contributed by atoms with Gasteiger partial charge in [0.05, 0.1) is 16.8 Å². The number of thiazole rings is 1. The average molecular weight is 398 g/mol. The Kier molecular flexibility index (Phi) is 6.26. The van der Waals surface area contributed by atoms with Gasteiger partial charge in [0, 0.05) is 11.3 Å². The predicted octanol–water partition coefficient (Wildman–Crippen LogP) is 4.67. The molecular formula is C21H23N3O3S. The molecular weight excluding hydrogens is 374 g/mol. The second kappa shape index (κ2) is 8.84. The number of urea groups is 1. The third-order valence-electron chi connectivity index (χ3n) is 4.18. The highest BCUT2D eigenvalue weighted by atomic mass is 32.1. The number of anilines is 1. The van der Waals surface area contributed by atoms with Crippen LogP contribution in [0.3, 0.4) is 0 Å². The molecule has 146 valence electrons. The number of fused-ring (bicyclic) bond motifs is 1. The molecule has 1 atom stereocenters. The van der Waals surface area contributed by atoms with Crippen LogP contribution in [-0.2, 0) is 9.53 Å². The highest BCUT2D eigenvalue weighted by molar-refractivity contribution is 7.21. The molecule has 0 bridgehead atoms. The second-order valence-corrected chi connectivity index (χ2v) is 7.67. The van der Waals surface area contributed by atoms with Crippen molar-refractivity contribution in [2.75, 3.05) is 11.9 Å². The first-order valence-corrected chi connectivity index (χ1v) is 9.99. The molecule has 0 aliphatic carbocycles. The molecule has 0 aliphatic rings. The standard InChI is InChI=1S/C21H23N3O3S/c1-4-27-20(25)18(13(2)3)24-21(26)22-15-11-9-14(10-12-15)19-23-16-7-5-6-8-17(16)28-19/h5-13,18H,4H2,1-3H3,(H2,22,24,26). The normalized spacial score (nSPS) is 12.0. The fourth-order valence-electron chi connectivity index (χ4n) is 2.73. The maximum Gasteiger partial charge on any atom is 0.328 e. The van der Waals surface area contributed by atoms with Gasteiger partial charge in [-0.3, -0.25) is 0 Å². The van der Waals surface area contributed by atoms with Gasteiger partial charge in [-0.05, 0) is 49.2 Å². The molecule has 3 rings (SSSR count). The van der Waals surface area contributed by atoms with E-state index in [-0.39, 0.29) is 12.5 Å². The number of aromatic nitrogens is 1. The van der Waals surface area contributed by atoms with Gasteiger partial charge in [-0.15, -0.1) is 11.3 Å². The molecule has 0 fully saturated rings. The Morgan fingerprint density at radius 2 is 1.82 bits per heavy atom. The number of rotatable bonds is 6. The van der Waals surface area contributed by atoms with Gasteiger partial charge in [-0.2, -0.15) is 0 Å². The van der Waals surface area contributed by atoms with Crippen LogP contribution in [0.15, 0.2) is 48.5 Å². The molecule has 1 aromatic heterocycles. The van der Waals surface area contributed by atoms with Crippen molar-refractivity contribution in [3.8, 4) is 10.6 Å². The lowest BCUT2D eigenvalue weighted by molar-refractivity contribution is -0.146. The number of esters is 1. The van der Waals surface area contributed by atoms with E-state index in [1.807, 2.05) is 62.4 Å². The topological polar surface area (TPSA) is 80.3 Å². The number of para-hydroxylation sites is 1. The Morgan fingerprint density at radius 3 is 2.46 bits per heavy atom. The van der Waals surface area contributed by atoms with Gasteiger partial charge in [0.2, 0.25) is 0 Å². The number of nitrogens with one attached hydrogen (secondary N) is 2. The van der Waals surface area contributed by atoms with E-state index in [0.717, 1.165) is 20.8 Å². The minimum atomic E-state index is -0.693. The van der Waals surface area contributed by atoms with E-state index in [1.165, 1.54) is 0 Å². The Bertz CT molecular complexity index is 933. The largest absolute Gasteiger partial charge is 0.464 e. The lowest BCUT2D eigenvalue weighted by Gasteiger charge is -2.20. The van der Waals surface area contributed by atoms with Crippen LogP contribution < -0.4 is 10.6 Å². The predicted molar refractivity (Wildman–Crippen MR) is 112 cm³/mol. The van der Waals surface area contributed by atoms with Gasteiger partial charge in [-0.25, -0.2) is 14.6 Å². The van der Waals surface area contributed by atoms with Crippen LogP contribution in [0.25, 0.3) is 20.8 Å². The second-order valence-electron chi connectivity index (χ2n) is 6.64. The first-order valence-electron chi connectivity index (χ1n) is 9.18. The van der Waals surface area contributed by atoms with Gasteiger partial charge in [0.15, 0.2) is 0 Å². The van der Waals surface area contributed by atoms with Crippen molar-refractivity contribution in [1.29, 1.82) is 0 Å². The molecule has 0 saturated heterocycles. The number of nitrogens with zero attached hydrogens (tertiary/aromatic N) is 1. The molecule has 0 spiro atoms. The van der Waals surface area contributed by atoms with Crippen LogP contribution in [-0.4, -0.2) is 29.6 Å². The van der Waals surface area contributed by atoms with E-state index >= 15 is 0 Å². The number of ether oxygens (including phenoxy) is 1.